The first-order valence-corrected chi connectivity index (χ1v) is 4.78. The molecule has 2 unspecified atom stereocenters. The van der Waals surface area contributed by atoms with Crippen LogP contribution in [0.5, 0.6) is 0 Å². The summed E-state index contributed by atoms with van der Waals surface area (Å²) in [6.45, 7) is 7.76. The minimum absolute atomic E-state index is 0.213. The summed E-state index contributed by atoms with van der Waals surface area (Å²) in [4.78, 5) is 0. The second-order valence-electron chi connectivity index (χ2n) is 2.48. The van der Waals surface area contributed by atoms with Crippen molar-refractivity contribution < 1.29 is 5.11 Å². The van der Waals surface area contributed by atoms with Gasteiger partial charge in [-0.15, -0.1) is 0 Å². The number of hydrogen-bond acceptors (Lipinski definition) is 2. The molecule has 2 heteroatoms. The highest BCUT2D eigenvalue weighted by Crippen LogP contribution is 2.20. The van der Waals surface area contributed by atoms with E-state index in [4.69, 9.17) is 0 Å². The molecule has 0 bridgehead atoms. The smallest absolute Gasteiger partial charge is 0.0693 e. The van der Waals surface area contributed by atoms with Gasteiger partial charge in [-0.1, -0.05) is 19.1 Å². The number of hydrogen-bond donors (Lipinski definition) is 1. The van der Waals surface area contributed by atoms with Crippen molar-refractivity contribution in [2.75, 3.05) is 6.26 Å². The quantitative estimate of drug-likeness (QED) is 0.635. The van der Waals surface area contributed by atoms with Crippen molar-refractivity contribution in [2.24, 2.45) is 0 Å². The number of aliphatic hydroxyl groups is 1. The first kappa shape index (κ1) is 10.0. The number of aliphatic hydroxyl groups excluding tert-OH is 1. The zero-order valence-electron chi connectivity index (χ0n) is 6.92. The lowest BCUT2D eigenvalue weighted by atomic mass is 10.1. The van der Waals surface area contributed by atoms with Crippen LogP contribution in [0.3, 0.4) is 0 Å². The molecule has 0 radical (unpaired) electrons. The molecule has 0 aliphatic rings. The summed E-state index contributed by atoms with van der Waals surface area (Å²) in [7, 11) is 0. The fourth-order valence-corrected chi connectivity index (χ4v) is 1.81. The average Bonchev–Trinajstić information content (AvgIpc) is 1.88. The van der Waals surface area contributed by atoms with Gasteiger partial charge in [0.15, 0.2) is 0 Å². The molecule has 60 valence electrons. The van der Waals surface area contributed by atoms with E-state index < -0.39 is 0 Å². The van der Waals surface area contributed by atoms with E-state index in [1.165, 1.54) is 0 Å². The summed E-state index contributed by atoms with van der Waals surface area (Å²) in [6, 6.07) is 0. The van der Waals surface area contributed by atoms with Gasteiger partial charge in [0.1, 0.15) is 0 Å². The lowest BCUT2D eigenvalue weighted by molar-refractivity contribution is 0.176. The van der Waals surface area contributed by atoms with E-state index in [1.54, 1.807) is 11.8 Å². The van der Waals surface area contributed by atoms with Crippen LogP contribution in [0.4, 0.5) is 0 Å². The second kappa shape index (κ2) is 4.80. The molecule has 0 amide bonds. The van der Waals surface area contributed by atoms with Crippen LogP contribution in [0.1, 0.15) is 20.3 Å². The summed E-state index contributed by atoms with van der Waals surface area (Å²) >= 11 is 1.66. The molecule has 0 aliphatic carbocycles. The molecule has 0 spiro atoms. The molecule has 1 nitrogen and oxygen atoms in total. The van der Waals surface area contributed by atoms with E-state index in [0.29, 0.717) is 0 Å². The van der Waals surface area contributed by atoms with Crippen LogP contribution in [-0.4, -0.2) is 22.7 Å². The zero-order valence-corrected chi connectivity index (χ0v) is 7.74. The molecule has 0 heterocycles. The zero-order chi connectivity index (χ0) is 8.15. The first-order valence-electron chi connectivity index (χ1n) is 3.49. The molecule has 0 aromatic carbocycles. The molecule has 0 rings (SSSR count). The van der Waals surface area contributed by atoms with E-state index in [9.17, 15) is 5.11 Å². The van der Waals surface area contributed by atoms with Crippen LogP contribution < -0.4 is 0 Å². The fourth-order valence-electron chi connectivity index (χ4n) is 0.901. The van der Waals surface area contributed by atoms with Crippen LogP contribution in [0.2, 0.25) is 0 Å². The van der Waals surface area contributed by atoms with Crippen LogP contribution in [0.25, 0.3) is 0 Å². The van der Waals surface area contributed by atoms with Gasteiger partial charge in [-0.2, -0.15) is 11.8 Å². The Labute approximate surface area is 67.5 Å². The van der Waals surface area contributed by atoms with Crippen LogP contribution >= 0.6 is 11.8 Å². The maximum absolute atomic E-state index is 9.41. The Morgan fingerprint density at radius 3 is 2.30 bits per heavy atom. The van der Waals surface area contributed by atoms with Gasteiger partial charge in [0, 0.05) is 0 Å². The third kappa shape index (κ3) is 2.76. The second-order valence-corrected chi connectivity index (χ2v) is 3.46. The molecule has 0 aromatic rings. The van der Waals surface area contributed by atoms with Gasteiger partial charge in [0.05, 0.1) is 11.4 Å². The number of rotatable bonds is 4. The highest BCUT2D eigenvalue weighted by molar-refractivity contribution is 7.99. The predicted octanol–water partition coefficient (Wildman–Crippen LogP) is 2.06. The summed E-state index contributed by atoms with van der Waals surface area (Å²) in [6.07, 6.45) is 2.57. The van der Waals surface area contributed by atoms with E-state index >= 15 is 0 Å². The van der Waals surface area contributed by atoms with Crippen LogP contribution in [0, 0.1) is 0 Å². The van der Waals surface area contributed by atoms with Crippen molar-refractivity contribution in [1.82, 2.24) is 0 Å². The molecule has 0 aromatic heterocycles. The monoisotopic (exact) mass is 160 g/mol. The largest absolute Gasteiger partial charge is 0.392 e. The van der Waals surface area contributed by atoms with Gasteiger partial charge in [-0.25, -0.2) is 0 Å². The summed E-state index contributed by atoms with van der Waals surface area (Å²) in [5.41, 5.74) is 1.06. The molecule has 0 saturated heterocycles. The Balaban J connectivity index is 3.92. The first-order chi connectivity index (χ1) is 4.63. The molecular formula is C8H16OS. The average molecular weight is 160 g/mol. The molecular weight excluding hydrogens is 144 g/mol. The molecule has 2 atom stereocenters. The van der Waals surface area contributed by atoms with Gasteiger partial charge in [-0.3, -0.25) is 0 Å². The minimum Gasteiger partial charge on any atom is -0.392 e. The third-order valence-corrected chi connectivity index (χ3v) is 2.73. The Morgan fingerprint density at radius 1 is 1.70 bits per heavy atom. The van der Waals surface area contributed by atoms with Gasteiger partial charge in [-0.05, 0) is 19.6 Å². The summed E-state index contributed by atoms with van der Waals surface area (Å²) in [5, 5.41) is 9.62. The molecule has 0 saturated carbocycles. The normalized spacial score (nSPS) is 16.4. The van der Waals surface area contributed by atoms with Crippen molar-refractivity contribution in [1.29, 1.82) is 0 Å². The highest BCUT2D eigenvalue weighted by atomic mass is 32.2. The predicted molar refractivity (Wildman–Crippen MR) is 48.4 cm³/mol. The molecule has 0 aliphatic heterocycles. The van der Waals surface area contributed by atoms with Gasteiger partial charge in [0.25, 0.3) is 0 Å². The summed E-state index contributed by atoms with van der Waals surface area (Å²) < 4.78 is 0. The lowest BCUT2D eigenvalue weighted by Gasteiger charge is -2.19. The van der Waals surface area contributed by atoms with Crippen molar-refractivity contribution in [3.8, 4) is 0 Å². The maximum Gasteiger partial charge on any atom is 0.0693 e. The Kier molecular flexibility index (Phi) is 4.83. The minimum atomic E-state index is -0.229. The highest BCUT2D eigenvalue weighted by Gasteiger charge is 2.15. The lowest BCUT2D eigenvalue weighted by Crippen LogP contribution is -2.22. The number of thioether (sulfide) groups is 1. The maximum atomic E-state index is 9.41. The van der Waals surface area contributed by atoms with Crippen molar-refractivity contribution in [2.45, 2.75) is 31.6 Å². The van der Waals surface area contributed by atoms with Crippen molar-refractivity contribution in [3.05, 3.63) is 12.2 Å². The van der Waals surface area contributed by atoms with E-state index in [0.717, 1.165) is 12.0 Å². The topological polar surface area (TPSA) is 20.2 Å². The Bertz CT molecular complexity index is 112. The Morgan fingerprint density at radius 2 is 2.20 bits per heavy atom. The van der Waals surface area contributed by atoms with Crippen LogP contribution in [0.15, 0.2) is 12.2 Å². The van der Waals surface area contributed by atoms with Gasteiger partial charge < -0.3 is 5.11 Å². The van der Waals surface area contributed by atoms with Crippen molar-refractivity contribution >= 4 is 11.8 Å². The van der Waals surface area contributed by atoms with E-state index in [1.807, 2.05) is 20.1 Å². The summed E-state index contributed by atoms with van der Waals surface area (Å²) in [5.74, 6) is 0. The van der Waals surface area contributed by atoms with E-state index in [-0.39, 0.29) is 11.4 Å². The van der Waals surface area contributed by atoms with Crippen molar-refractivity contribution in [3.63, 3.8) is 0 Å². The third-order valence-electron chi connectivity index (χ3n) is 1.51. The standard InChI is InChI=1S/C8H16OS/c1-5-7(9)8(10-4)6(2)3/h7-9H,2,5H2,1,3-4H3. The molecule has 0 fully saturated rings. The van der Waals surface area contributed by atoms with Gasteiger partial charge in [0.2, 0.25) is 0 Å². The molecule has 1 N–H and O–H groups in total. The van der Waals surface area contributed by atoms with Gasteiger partial charge >= 0.3 is 0 Å². The molecule has 10 heavy (non-hydrogen) atoms. The van der Waals surface area contributed by atoms with E-state index in [2.05, 4.69) is 6.58 Å². The van der Waals surface area contributed by atoms with Crippen LogP contribution in [-0.2, 0) is 0 Å². The Hall–Kier alpha value is 0.0500. The SMILES string of the molecule is C=C(C)C(SC)C(O)CC. The fraction of sp³-hybridized carbons (Fsp3) is 0.750.